The summed E-state index contributed by atoms with van der Waals surface area (Å²) < 4.78 is 0. The van der Waals surface area contributed by atoms with Crippen molar-refractivity contribution in [3.05, 3.63) is 0 Å². The standard InChI is InChI=1S/C10H20N2OS/c1-3-4-9(11)10(13)12(2)8-5-6-14-7-8/h8-9H,3-7,11H2,1-2H3. The number of carbonyl (C=O) groups is 1. The summed E-state index contributed by atoms with van der Waals surface area (Å²) in [6.07, 6.45) is 2.88. The molecule has 0 saturated carbocycles. The Morgan fingerprint density at radius 2 is 2.43 bits per heavy atom. The van der Waals surface area contributed by atoms with Crippen molar-refractivity contribution in [2.45, 2.75) is 38.3 Å². The van der Waals surface area contributed by atoms with Gasteiger partial charge in [0.1, 0.15) is 0 Å². The van der Waals surface area contributed by atoms with Crippen molar-refractivity contribution in [3.8, 4) is 0 Å². The Hall–Kier alpha value is -0.220. The summed E-state index contributed by atoms with van der Waals surface area (Å²) >= 11 is 1.92. The summed E-state index contributed by atoms with van der Waals surface area (Å²) in [4.78, 5) is 13.7. The Bertz CT molecular complexity index is 193. The molecular formula is C10H20N2OS. The van der Waals surface area contributed by atoms with Crippen LogP contribution < -0.4 is 5.73 Å². The lowest BCUT2D eigenvalue weighted by Crippen LogP contribution is -2.46. The number of hydrogen-bond acceptors (Lipinski definition) is 3. The molecule has 14 heavy (non-hydrogen) atoms. The van der Waals surface area contributed by atoms with E-state index >= 15 is 0 Å². The van der Waals surface area contributed by atoms with E-state index in [2.05, 4.69) is 6.92 Å². The first-order valence-corrected chi connectivity index (χ1v) is 6.42. The average Bonchev–Trinajstić information content (AvgIpc) is 2.68. The molecule has 82 valence electrons. The molecule has 2 atom stereocenters. The van der Waals surface area contributed by atoms with Crippen LogP contribution in [-0.2, 0) is 4.79 Å². The van der Waals surface area contributed by atoms with Crippen LogP contribution in [0.1, 0.15) is 26.2 Å². The van der Waals surface area contributed by atoms with Gasteiger partial charge in [0.25, 0.3) is 0 Å². The van der Waals surface area contributed by atoms with Crippen LogP contribution in [0.2, 0.25) is 0 Å². The Morgan fingerprint density at radius 3 is 2.93 bits per heavy atom. The van der Waals surface area contributed by atoms with Crippen molar-refractivity contribution in [1.82, 2.24) is 4.90 Å². The van der Waals surface area contributed by atoms with E-state index in [4.69, 9.17) is 5.73 Å². The minimum Gasteiger partial charge on any atom is -0.341 e. The van der Waals surface area contributed by atoms with Gasteiger partial charge in [-0.25, -0.2) is 0 Å². The van der Waals surface area contributed by atoms with Crippen LogP contribution in [0, 0.1) is 0 Å². The van der Waals surface area contributed by atoms with E-state index in [1.807, 2.05) is 23.7 Å². The van der Waals surface area contributed by atoms with Crippen LogP contribution in [0.15, 0.2) is 0 Å². The minimum absolute atomic E-state index is 0.111. The smallest absolute Gasteiger partial charge is 0.239 e. The van der Waals surface area contributed by atoms with E-state index in [-0.39, 0.29) is 11.9 Å². The van der Waals surface area contributed by atoms with Gasteiger partial charge in [0.2, 0.25) is 5.91 Å². The molecule has 1 rings (SSSR count). The molecule has 1 heterocycles. The first-order valence-electron chi connectivity index (χ1n) is 5.26. The first kappa shape index (κ1) is 11.9. The van der Waals surface area contributed by atoms with Crippen molar-refractivity contribution >= 4 is 17.7 Å². The van der Waals surface area contributed by atoms with Gasteiger partial charge in [-0.15, -0.1) is 0 Å². The molecule has 0 radical (unpaired) electrons. The van der Waals surface area contributed by atoms with Crippen molar-refractivity contribution in [3.63, 3.8) is 0 Å². The summed E-state index contributed by atoms with van der Waals surface area (Å²) in [5.74, 6) is 2.35. The van der Waals surface area contributed by atoms with E-state index in [0.717, 1.165) is 25.0 Å². The number of nitrogens with zero attached hydrogens (tertiary/aromatic N) is 1. The quantitative estimate of drug-likeness (QED) is 0.765. The third-order valence-corrected chi connectivity index (χ3v) is 3.86. The van der Waals surface area contributed by atoms with Crippen molar-refractivity contribution in [2.75, 3.05) is 18.6 Å². The summed E-state index contributed by atoms with van der Waals surface area (Å²) in [5, 5.41) is 0. The normalized spacial score (nSPS) is 23.5. The summed E-state index contributed by atoms with van der Waals surface area (Å²) in [6, 6.07) is 0.117. The summed E-state index contributed by atoms with van der Waals surface area (Å²) in [7, 11) is 1.88. The molecule has 0 aromatic carbocycles. The largest absolute Gasteiger partial charge is 0.341 e. The Labute approximate surface area is 90.4 Å². The zero-order valence-corrected chi connectivity index (χ0v) is 9.85. The molecule has 3 nitrogen and oxygen atoms in total. The maximum Gasteiger partial charge on any atom is 0.239 e. The predicted octanol–water partition coefficient (Wildman–Crippen LogP) is 1.08. The summed E-state index contributed by atoms with van der Waals surface area (Å²) in [5.41, 5.74) is 5.80. The van der Waals surface area contributed by atoms with E-state index in [1.165, 1.54) is 5.75 Å². The van der Waals surface area contributed by atoms with E-state index in [0.29, 0.717) is 6.04 Å². The molecular weight excluding hydrogens is 196 g/mol. The third kappa shape index (κ3) is 2.89. The second kappa shape index (κ2) is 5.61. The number of thioether (sulfide) groups is 1. The number of carbonyl (C=O) groups excluding carboxylic acids is 1. The van der Waals surface area contributed by atoms with E-state index in [1.54, 1.807) is 0 Å². The number of rotatable bonds is 4. The fourth-order valence-electron chi connectivity index (χ4n) is 1.70. The van der Waals surface area contributed by atoms with Crippen LogP contribution >= 0.6 is 11.8 Å². The number of nitrogens with two attached hydrogens (primary N) is 1. The second-order valence-corrected chi connectivity index (χ2v) is 5.01. The van der Waals surface area contributed by atoms with Gasteiger partial charge in [-0.3, -0.25) is 4.79 Å². The molecule has 1 amide bonds. The number of likely N-dealkylation sites (N-methyl/N-ethyl adjacent to an activating group) is 1. The monoisotopic (exact) mass is 216 g/mol. The van der Waals surface area contributed by atoms with Crippen molar-refractivity contribution in [2.24, 2.45) is 5.73 Å². The molecule has 1 aliphatic heterocycles. The minimum atomic E-state index is -0.296. The van der Waals surface area contributed by atoms with Gasteiger partial charge in [0.05, 0.1) is 6.04 Å². The van der Waals surface area contributed by atoms with Crippen molar-refractivity contribution < 1.29 is 4.79 Å². The second-order valence-electron chi connectivity index (χ2n) is 3.86. The molecule has 0 aliphatic carbocycles. The fraction of sp³-hybridized carbons (Fsp3) is 0.900. The maximum absolute atomic E-state index is 11.8. The first-order chi connectivity index (χ1) is 6.66. The van der Waals surface area contributed by atoms with Gasteiger partial charge in [0, 0.05) is 18.8 Å². The topological polar surface area (TPSA) is 46.3 Å². The lowest BCUT2D eigenvalue weighted by atomic mass is 10.1. The highest BCUT2D eigenvalue weighted by atomic mass is 32.2. The highest BCUT2D eigenvalue weighted by Gasteiger charge is 2.26. The van der Waals surface area contributed by atoms with E-state index < -0.39 is 0 Å². The highest BCUT2D eigenvalue weighted by molar-refractivity contribution is 7.99. The van der Waals surface area contributed by atoms with Gasteiger partial charge < -0.3 is 10.6 Å². The molecule has 0 aromatic rings. The lowest BCUT2D eigenvalue weighted by molar-refractivity contribution is -0.133. The molecule has 2 unspecified atom stereocenters. The highest BCUT2D eigenvalue weighted by Crippen LogP contribution is 2.21. The molecule has 1 saturated heterocycles. The Morgan fingerprint density at radius 1 is 1.71 bits per heavy atom. The zero-order chi connectivity index (χ0) is 10.6. The van der Waals surface area contributed by atoms with Crippen molar-refractivity contribution in [1.29, 1.82) is 0 Å². The lowest BCUT2D eigenvalue weighted by Gasteiger charge is -2.26. The van der Waals surface area contributed by atoms with Crippen LogP contribution in [0.25, 0.3) is 0 Å². The molecule has 2 N–H and O–H groups in total. The van der Waals surface area contributed by atoms with Gasteiger partial charge in [-0.05, 0) is 18.6 Å². The molecule has 0 spiro atoms. The third-order valence-electron chi connectivity index (χ3n) is 2.72. The average molecular weight is 216 g/mol. The van der Waals surface area contributed by atoms with Crippen LogP contribution in [0.5, 0.6) is 0 Å². The van der Waals surface area contributed by atoms with Gasteiger partial charge >= 0.3 is 0 Å². The maximum atomic E-state index is 11.8. The fourth-order valence-corrected chi connectivity index (χ4v) is 2.97. The molecule has 1 aliphatic rings. The SMILES string of the molecule is CCCC(N)C(=O)N(C)C1CCSC1. The zero-order valence-electron chi connectivity index (χ0n) is 9.03. The van der Waals surface area contributed by atoms with Gasteiger partial charge in [-0.1, -0.05) is 13.3 Å². The van der Waals surface area contributed by atoms with Crippen LogP contribution in [-0.4, -0.2) is 41.4 Å². The molecule has 4 heteroatoms. The van der Waals surface area contributed by atoms with Gasteiger partial charge in [-0.2, -0.15) is 11.8 Å². The molecule has 0 bridgehead atoms. The number of hydrogen-bond donors (Lipinski definition) is 1. The Kier molecular flexibility index (Phi) is 4.75. The molecule has 0 aromatic heterocycles. The number of amides is 1. The van der Waals surface area contributed by atoms with E-state index in [9.17, 15) is 4.79 Å². The predicted molar refractivity (Wildman–Crippen MR) is 61.4 cm³/mol. The Balaban J connectivity index is 2.42. The van der Waals surface area contributed by atoms with Gasteiger partial charge in [0.15, 0.2) is 0 Å². The van der Waals surface area contributed by atoms with Crippen LogP contribution in [0.4, 0.5) is 0 Å². The molecule has 1 fully saturated rings. The van der Waals surface area contributed by atoms with Crippen LogP contribution in [0.3, 0.4) is 0 Å². The summed E-state index contributed by atoms with van der Waals surface area (Å²) in [6.45, 7) is 2.05.